The average molecular weight is 254 g/mol. The van der Waals surface area contributed by atoms with Crippen molar-refractivity contribution < 1.29 is 14.9 Å². The molecule has 2 saturated carbocycles. The first-order chi connectivity index (χ1) is 8.21. The van der Waals surface area contributed by atoms with Gasteiger partial charge in [-0.3, -0.25) is 0 Å². The van der Waals surface area contributed by atoms with E-state index in [4.69, 9.17) is 4.74 Å². The van der Waals surface area contributed by atoms with E-state index >= 15 is 0 Å². The summed E-state index contributed by atoms with van der Waals surface area (Å²) in [5.74, 6) is 0.195. The molecule has 2 aliphatic carbocycles. The van der Waals surface area contributed by atoms with Gasteiger partial charge in [0.05, 0.1) is 23.4 Å². The number of fused-ring (bicyclic) bond motifs is 2. The molecule has 104 valence electrons. The number of hydrogen-bond donors (Lipinski definition) is 2. The van der Waals surface area contributed by atoms with Crippen molar-refractivity contribution in [3.8, 4) is 0 Å². The van der Waals surface area contributed by atoms with E-state index in [0.29, 0.717) is 6.42 Å². The second-order valence-electron chi connectivity index (χ2n) is 7.67. The Morgan fingerprint density at radius 1 is 1.17 bits per heavy atom. The van der Waals surface area contributed by atoms with Gasteiger partial charge in [0.2, 0.25) is 0 Å². The van der Waals surface area contributed by atoms with Gasteiger partial charge in [-0.15, -0.1) is 0 Å². The molecule has 0 aromatic heterocycles. The summed E-state index contributed by atoms with van der Waals surface area (Å²) >= 11 is 0. The van der Waals surface area contributed by atoms with Gasteiger partial charge >= 0.3 is 0 Å². The van der Waals surface area contributed by atoms with Crippen molar-refractivity contribution in [1.29, 1.82) is 0 Å². The zero-order valence-electron chi connectivity index (χ0n) is 11.9. The lowest BCUT2D eigenvalue weighted by atomic mass is 9.68. The van der Waals surface area contributed by atoms with Crippen LogP contribution in [0.4, 0.5) is 0 Å². The standard InChI is InChI=1S/C15H26O3/c1-9(2)15(17)6-5-13(3)8-11-14(4,18-11)7-10(16)12(13)15/h9-12,16-17H,5-8H2,1-4H3/t10-,11-,12+,13+,14+,15+/m0/s1. The van der Waals surface area contributed by atoms with Gasteiger partial charge < -0.3 is 14.9 Å². The minimum Gasteiger partial charge on any atom is -0.393 e. The van der Waals surface area contributed by atoms with E-state index in [1.807, 2.05) is 0 Å². The summed E-state index contributed by atoms with van der Waals surface area (Å²) in [7, 11) is 0. The van der Waals surface area contributed by atoms with Crippen LogP contribution in [0.1, 0.15) is 53.4 Å². The Kier molecular flexibility index (Phi) is 2.51. The van der Waals surface area contributed by atoms with Gasteiger partial charge in [-0.2, -0.15) is 0 Å². The number of hydrogen-bond acceptors (Lipinski definition) is 3. The van der Waals surface area contributed by atoms with Crippen LogP contribution in [0, 0.1) is 17.3 Å². The summed E-state index contributed by atoms with van der Waals surface area (Å²) < 4.78 is 5.78. The smallest absolute Gasteiger partial charge is 0.0945 e. The Labute approximate surface area is 110 Å². The molecule has 6 atom stereocenters. The first kappa shape index (κ1) is 12.9. The third-order valence-electron chi connectivity index (χ3n) is 6.07. The van der Waals surface area contributed by atoms with Gasteiger partial charge in [0.1, 0.15) is 0 Å². The van der Waals surface area contributed by atoms with Gasteiger partial charge in [-0.25, -0.2) is 0 Å². The predicted octanol–water partition coefficient (Wildman–Crippen LogP) is 2.10. The van der Waals surface area contributed by atoms with Crippen LogP contribution in [0.2, 0.25) is 0 Å². The largest absolute Gasteiger partial charge is 0.393 e. The minimum absolute atomic E-state index is 0.00164. The number of aliphatic hydroxyl groups is 2. The van der Waals surface area contributed by atoms with Gasteiger partial charge in [0.25, 0.3) is 0 Å². The molecule has 3 aliphatic rings. The van der Waals surface area contributed by atoms with Crippen LogP contribution < -0.4 is 0 Å². The van der Waals surface area contributed by atoms with E-state index < -0.39 is 11.7 Å². The van der Waals surface area contributed by atoms with Crippen molar-refractivity contribution in [1.82, 2.24) is 0 Å². The fourth-order valence-electron chi connectivity index (χ4n) is 4.76. The highest BCUT2D eigenvalue weighted by atomic mass is 16.6. The molecule has 0 aromatic carbocycles. The molecular formula is C15H26O3. The fourth-order valence-corrected chi connectivity index (χ4v) is 4.76. The first-order valence-electron chi connectivity index (χ1n) is 7.30. The second-order valence-corrected chi connectivity index (χ2v) is 7.67. The summed E-state index contributed by atoms with van der Waals surface area (Å²) in [5.41, 5.74) is -0.816. The maximum atomic E-state index is 11.0. The summed E-state index contributed by atoms with van der Waals surface area (Å²) in [6.07, 6.45) is 3.32. The summed E-state index contributed by atoms with van der Waals surface area (Å²) in [5, 5.41) is 21.6. The van der Waals surface area contributed by atoms with Crippen molar-refractivity contribution in [2.45, 2.75) is 76.8 Å². The molecule has 1 heterocycles. The highest BCUT2D eigenvalue weighted by Crippen LogP contribution is 2.62. The predicted molar refractivity (Wildman–Crippen MR) is 69.1 cm³/mol. The Balaban J connectivity index is 1.97. The monoisotopic (exact) mass is 254 g/mol. The Morgan fingerprint density at radius 3 is 2.44 bits per heavy atom. The van der Waals surface area contributed by atoms with E-state index in [2.05, 4.69) is 27.7 Å². The molecule has 0 amide bonds. The molecule has 0 radical (unpaired) electrons. The molecule has 0 spiro atoms. The molecule has 3 heteroatoms. The molecular weight excluding hydrogens is 228 g/mol. The van der Waals surface area contributed by atoms with Crippen LogP contribution in [0.15, 0.2) is 0 Å². The Hall–Kier alpha value is -0.120. The van der Waals surface area contributed by atoms with Crippen molar-refractivity contribution in [3.63, 3.8) is 0 Å². The van der Waals surface area contributed by atoms with Gasteiger partial charge in [-0.05, 0) is 37.5 Å². The highest BCUT2D eigenvalue weighted by Gasteiger charge is 2.66. The van der Waals surface area contributed by atoms with E-state index in [-0.39, 0.29) is 29.0 Å². The summed E-state index contributed by atoms with van der Waals surface area (Å²) in [4.78, 5) is 0. The molecule has 1 aliphatic heterocycles. The SMILES string of the molecule is CC(C)[C@]1(O)CC[C@]2(C)C[C@@H]3O[C@]3(C)C[C@H](O)[C@H]21. The van der Waals surface area contributed by atoms with Crippen molar-refractivity contribution in [2.24, 2.45) is 17.3 Å². The van der Waals surface area contributed by atoms with Crippen LogP contribution in [-0.4, -0.2) is 33.6 Å². The Morgan fingerprint density at radius 2 is 1.83 bits per heavy atom. The van der Waals surface area contributed by atoms with Crippen LogP contribution in [0.3, 0.4) is 0 Å². The lowest BCUT2D eigenvalue weighted by Gasteiger charge is -2.42. The van der Waals surface area contributed by atoms with E-state index in [9.17, 15) is 10.2 Å². The molecule has 18 heavy (non-hydrogen) atoms. The number of ether oxygens (including phenoxy) is 1. The number of aliphatic hydroxyl groups excluding tert-OH is 1. The molecule has 2 N–H and O–H groups in total. The van der Waals surface area contributed by atoms with Crippen molar-refractivity contribution >= 4 is 0 Å². The zero-order chi connectivity index (χ0) is 13.3. The average Bonchev–Trinajstić information content (AvgIpc) is 2.74. The van der Waals surface area contributed by atoms with Gasteiger partial charge in [-0.1, -0.05) is 20.8 Å². The number of epoxide rings is 1. The van der Waals surface area contributed by atoms with Crippen LogP contribution in [0.25, 0.3) is 0 Å². The fraction of sp³-hybridized carbons (Fsp3) is 1.00. The summed E-state index contributed by atoms with van der Waals surface area (Å²) in [6, 6.07) is 0. The normalized spacial score (nSPS) is 59.2. The van der Waals surface area contributed by atoms with E-state index in [1.54, 1.807) is 0 Å². The van der Waals surface area contributed by atoms with Gasteiger partial charge in [0, 0.05) is 12.3 Å². The Bertz CT molecular complexity index is 369. The second kappa shape index (κ2) is 3.50. The minimum atomic E-state index is -0.707. The molecule has 0 unspecified atom stereocenters. The van der Waals surface area contributed by atoms with E-state index in [0.717, 1.165) is 19.3 Å². The quantitative estimate of drug-likeness (QED) is 0.705. The zero-order valence-corrected chi connectivity index (χ0v) is 11.9. The molecule has 3 rings (SSSR count). The topological polar surface area (TPSA) is 53.0 Å². The molecule has 1 saturated heterocycles. The maximum absolute atomic E-state index is 11.0. The molecule has 3 nitrogen and oxygen atoms in total. The van der Waals surface area contributed by atoms with Gasteiger partial charge in [0.15, 0.2) is 0 Å². The first-order valence-corrected chi connectivity index (χ1v) is 7.30. The number of rotatable bonds is 1. The lowest BCUT2D eigenvalue weighted by Crippen LogP contribution is -2.49. The van der Waals surface area contributed by atoms with Crippen LogP contribution in [0.5, 0.6) is 0 Å². The van der Waals surface area contributed by atoms with Crippen molar-refractivity contribution in [3.05, 3.63) is 0 Å². The van der Waals surface area contributed by atoms with Crippen LogP contribution >= 0.6 is 0 Å². The highest BCUT2D eigenvalue weighted by molar-refractivity contribution is 5.16. The lowest BCUT2D eigenvalue weighted by molar-refractivity contribution is -0.116. The maximum Gasteiger partial charge on any atom is 0.0945 e. The third-order valence-corrected chi connectivity index (χ3v) is 6.07. The van der Waals surface area contributed by atoms with E-state index in [1.165, 1.54) is 0 Å². The summed E-state index contributed by atoms with van der Waals surface area (Å²) in [6.45, 7) is 8.47. The molecule has 3 fully saturated rings. The van der Waals surface area contributed by atoms with Crippen molar-refractivity contribution in [2.75, 3.05) is 0 Å². The van der Waals surface area contributed by atoms with Crippen LogP contribution in [-0.2, 0) is 4.74 Å². The molecule has 0 bridgehead atoms. The molecule has 0 aromatic rings. The third kappa shape index (κ3) is 1.53.